The topological polar surface area (TPSA) is 81.4 Å². The standard InChI is InChI=1S/C22H21FN2O4/c1-14-21(17-8-3-4-9-19(17)26)18(11-10-15-6-5-7-16(23)12-15)22(28)25(24-14)13-20(27)29-2/h3-9,12,26H,10-11,13H2,1-2H3. The fourth-order valence-corrected chi connectivity index (χ4v) is 3.29. The Labute approximate surface area is 167 Å². The average Bonchev–Trinajstić information content (AvgIpc) is 2.70. The van der Waals surface area contributed by atoms with Crippen molar-refractivity contribution in [1.82, 2.24) is 9.78 Å². The number of hydrogen-bond acceptors (Lipinski definition) is 5. The number of ether oxygens (including phenoxy) is 1. The van der Waals surface area contributed by atoms with Gasteiger partial charge >= 0.3 is 5.97 Å². The Morgan fingerprint density at radius 3 is 2.62 bits per heavy atom. The number of benzene rings is 2. The smallest absolute Gasteiger partial charge is 0.327 e. The predicted octanol–water partition coefficient (Wildman–Crippen LogP) is 3.02. The monoisotopic (exact) mass is 396 g/mol. The van der Waals surface area contributed by atoms with Gasteiger partial charge in [0.25, 0.3) is 5.56 Å². The summed E-state index contributed by atoms with van der Waals surface area (Å²) in [5.74, 6) is -0.919. The predicted molar refractivity (Wildman–Crippen MR) is 106 cm³/mol. The summed E-state index contributed by atoms with van der Waals surface area (Å²) < 4.78 is 19.2. The van der Waals surface area contributed by atoms with Crippen LogP contribution in [0.4, 0.5) is 4.39 Å². The maximum atomic E-state index is 13.5. The van der Waals surface area contributed by atoms with E-state index in [0.717, 1.165) is 10.2 Å². The molecule has 0 bridgehead atoms. The second kappa shape index (κ2) is 8.68. The number of rotatable bonds is 6. The van der Waals surface area contributed by atoms with Crippen molar-refractivity contribution in [2.24, 2.45) is 0 Å². The normalized spacial score (nSPS) is 10.7. The number of halogens is 1. The van der Waals surface area contributed by atoms with E-state index in [1.54, 1.807) is 37.3 Å². The van der Waals surface area contributed by atoms with Gasteiger partial charge in [-0.3, -0.25) is 9.59 Å². The summed E-state index contributed by atoms with van der Waals surface area (Å²) in [5.41, 5.74) is 2.17. The first-order valence-corrected chi connectivity index (χ1v) is 9.11. The molecule has 0 aliphatic rings. The summed E-state index contributed by atoms with van der Waals surface area (Å²) in [4.78, 5) is 24.8. The van der Waals surface area contributed by atoms with Crippen molar-refractivity contribution >= 4 is 5.97 Å². The van der Waals surface area contributed by atoms with Crippen LogP contribution in [-0.2, 0) is 28.9 Å². The first kappa shape index (κ1) is 20.3. The Morgan fingerprint density at radius 2 is 1.93 bits per heavy atom. The van der Waals surface area contributed by atoms with Gasteiger partial charge in [0.05, 0.1) is 12.8 Å². The number of methoxy groups -OCH3 is 1. The van der Waals surface area contributed by atoms with E-state index < -0.39 is 11.5 Å². The van der Waals surface area contributed by atoms with Crippen molar-refractivity contribution in [1.29, 1.82) is 0 Å². The third-order valence-corrected chi connectivity index (χ3v) is 4.66. The lowest BCUT2D eigenvalue weighted by atomic mass is 9.94. The molecule has 29 heavy (non-hydrogen) atoms. The maximum Gasteiger partial charge on any atom is 0.327 e. The van der Waals surface area contributed by atoms with Crippen LogP contribution in [-0.4, -0.2) is 28.0 Å². The molecule has 0 aliphatic carbocycles. The van der Waals surface area contributed by atoms with Gasteiger partial charge in [-0.2, -0.15) is 5.10 Å². The molecule has 1 N–H and O–H groups in total. The van der Waals surface area contributed by atoms with Crippen LogP contribution < -0.4 is 5.56 Å². The summed E-state index contributed by atoms with van der Waals surface area (Å²) in [6, 6.07) is 12.8. The lowest BCUT2D eigenvalue weighted by Gasteiger charge is -2.16. The van der Waals surface area contributed by atoms with E-state index in [2.05, 4.69) is 9.84 Å². The minimum absolute atomic E-state index is 0.0227. The van der Waals surface area contributed by atoms with Crippen molar-refractivity contribution < 1.29 is 19.0 Å². The molecule has 3 aromatic rings. The zero-order valence-corrected chi connectivity index (χ0v) is 16.2. The number of phenolic OH excluding ortho intramolecular Hbond substituents is 1. The number of aromatic nitrogens is 2. The van der Waals surface area contributed by atoms with E-state index in [4.69, 9.17) is 0 Å². The van der Waals surface area contributed by atoms with Crippen molar-refractivity contribution in [2.45, 2.75) is 26.3 Å². The lowest BCUT2D eigenvalue weighted by Crippen LogP contribution is -2.31. The second-order valence-electron chi connectivity index (χ2n) is 6.62. The average molecular weight is 396 g/mol. The highest BCUT2D eigenvalue weighted by molar-refractivity contribution is 5.75. The van der Waals surface area contributed by atoms with Crippen molar-refractivity contribution in [3.05, 3.63) is 81.5 Å². The van der Waals surface area contributed by atoms with Gasteiger partial charge in [0.15, 0.2) is 0 Å². The van der Waals surface area contributed by atoms with Crippen LogP contribution in [0.15, 0.2) is 53.3 Å². The van der Waals surface area contributed by atoms with Crippen LogP contribution in [0.3, 0.4) is 0 Å². The number of esters is 1. The van der Waals surface area contributed by atoms with E-state index in [0.29, 0.717) is 28.8 Å². The van der Waals surface area contributed by atoms with Crippen molar-refractivity contribution in [3.8, 4) is 16.9 Å². The summed E-state index contributed by atoms with van der Waals surface area (Å²) in [6.07, 6.45) is 0.700. The van der Waals surface area contributed by atoms with Crippen LogP contribution in [0.2, 0.25) is 0 Å². The van der Waals surface area contributed by atoms with Gasteiger partial charge in [0, 0.05) is 16.7 Å². The Balaban J connectivity index is 2.11. The molecule has 0 saturated carbocycles. The molecule has 150 valence electrons. The number of carbonyl (C=O) groups is 1. The third kappa shape index (κ3) is 4.51. The molecule has 0 amide bonds. The van der Waals surface area contributed by atoms with Crippen LogP contribution in [0.25, 0.3) is 11.1 Å². The molecule has 0 saturated heterocycles. The summed E-state index contributed by atoms with van der Waals surface area (Å²) in [6.45, 7) is 1.39. The first-order chi connectivity index (χ1) is 13.9. The quantitative estimate of drug-likeness (QED) is 0.648. The van der Waals surface area contributed by atoms with Crippen molar-refractivity contribution in [3.63, 3.8) is 0 Å². The molecule has 6 nitrogen and oxygen atoms in total. The zero-order chi connectivity index (χ0) is 21.0. The molecule has 0 aliphatic heterocycles. The Morgan fingerprint density at radius 1 is 1.17 bits per heavy atom. The largest absolute Gasteiger partial charge is 0.507 e. The minimum atomic E-state index is -0.592. The second-order valence-corrected chi connectivity index (χ2v) is 6.62. The van der Waals surface area contributed by atoms with Gasteiger partial charge in [-0.15, -0.1) is 0 Å². The molecule has 0 unspecified atom stereocenters. The number of para-hydroxylation sites is 1. The molecular formula is C22H21FN2O4. The van der Waals surface area contributed by atoms with E-state index in [1.807, 2.05) is 0 Å². The maximum absolute atomic E-state index is 13.5. The zero-order valence-electron chi connectivity index (χ0n) is 16.2. The summed E-state index contributed by atoms with van der Waals surface area (Å²) >= 11 is 0. The molecule has 2 aromatic carbocycles. The Kier molecular flexibility index (Phi) is 6.07. The van der Waals surface area contributed by atoms with E-state index in [-0.39, 0.29) is 24.5 Å². The van der Waals surface area contributed by atoms with Gasteiger partial charge in [0.2, 0.25) is 0 Å². The first-order valence-electron chi connectivity index (χ1n) is 9.11. The third-order valence-electron chi connectivity index (χ3n) is 4.66. The van der Waals surface area contributed by atoms with Crippen LogP contribution in [0.5, 0.6) is 5.75 Å². The van der Waals surface area contributed by atoms with Gasteiger partial charge in [-0.1, -0.05) is 30.3 Å². The molecule has 0 atom stereocenters. The molecule has 3 rings (SSSR count). The Hall–Kier alpha value is -3.48. The van der Waals surface area contributed by atoms with E-state index >= 15 is 0 Å². The highest BCUT2D eigenvalue weighted by Gasteiger charge is 2.20. The number of hydrogen-bond donors (Lipinski definition) is 1. The molecule has 0 spiro atoms. The Bertz CT molecular complexity index is 1110. The highest BCUT2D eigenvalue weighted by atomic mass is 19.1. The number of nitrogens with zero attached hydrogens (tertiary/aromatic N) is 2. The highest BCUT2D eigenvalue weighted by Crippen LogP contribution is 2.32. The SMILES string of the molecule is COC(=O)Cn1nc(C)c(-c2ccccc2O)c(CCc2cccc(F)c2)c1=O. The number of phenols is 1. The number of aryl methyl sites for hydroxylation is 2. The summed E-state index contributed by atoms with van der Waals surface area (Å²) in [5, 5.41) is 14.6. The number of aromatic hydroxyl groups is 1. The number of carbonyl (C=O) groups excluding carboxylic acids is 1. The molecule has 7 heteroatoms. The molecule has 1 heterocycles. The van der Waals surface area contributed by atoms with Crippen LogP contribution in [0, 0.1) is 12.7 Å². The molecule has 0 radical (unpaired) electrons. The van der Waals surface area contributed by atoms with Crippen LogP contribution in [0.1, 0.15) is 16.8 Å². The van der Waals surface area contributed by atoms with Gasteiger partial charge < -0.3 is 9.84 Å². The molecule has 1 aromatic heterocycles. The van der Waals surface area contributed by atoms with Crippen molar-refractivity contribution in [2.75, 3.05) is 7.11 Å². The van der Waals surface area contributed by atoms with Crippen LogP contribution >= 0.6 is 0 Å². The van der Waals surface area contributed by atoms with E-state index in [1.165, 1.54) is 25.3 Å². The van der Waals surface area contributed by atoms with Gasteiger partial charge in [0.1, 0.15) is 18.1 Å². The molecule has 0 fully saturated rings. The van der Waals surface area contributed by atoms with Gasteiger partial charge in [-0.25, -0.2) is 9.07 Å². The lowest BCUT2D eigenvalue weighted by molar-refractivity contribution is -0.141. The summed E-state index contributed by atoms with van der Waals surface area (Å²) in [7, 11) is 1.24. The van der Waals surface area contributed by atoms with Gasteiger partial charge in [-0.05, 0) is 43.5 Å². The molecular weight excluding hydrogens is 375 g/mol. The fraction of sp³-hybridized carbons (Fsp3) is 0.227. The fourth-order valence-electron chi connectivity index (χ4n) is 3.29. The van der Waals surface area contributed by atoms with E-state index in [9.17, 15) is 19.1 Å². The minimum Gasteiger partial charge on any atom is -0.507 e.